The molecule has 3 heteroatoms. The van der Waals surface area contributed by atoms with Crippen LogP contribution >= 0.6 is 0 Å². The first-order valence-electron chi connectivity index (χ1n) is 5.43. The predicted molar refractivity (Wildman–Crippen MR) is 62.2 cm³/mol. The summed E-state index contributed by atoms with van der Waals surface area (Å²) in [5.41, 5.74) is 1.07. The number of nitrogens with zero attached hydrogens (tertiary/aromatic N) is 1. The molecule has 1 N–H and O–H groups in total. The summed E-state index contributed by atoms with van der Waals surface area (Å²) >= 11 is 0. The Morgan fingerprint density at radius 1 is 1.40 bits per heavy atom. The van der Waals surface area contributed by atoms with E-state index in [2.05, 4.69) is 24.1 Å². The van der Waals surface area contributed by atoms with Crippen molar-refractivity contribution in [2.24, 2.45) is 5.92 Å². The summed E-state index contributed by atoms with van der Waals surface area (Å²) in [4.78, 5) is 4.35. The first kappa shape index (κ1) is 12.0. The number of hydrogen-bond acceptors (Lipinski definition) is 3. The number of pyridine rings is 1. The SMILES string of the molecule is COc1cccc(CCNCC(C)C)n1. The Labute approximate surface area is 91.9 Å². The van der Waals surface area contributed by atoms with Gasteiger partial charge >= 0.3 is 0 Å². The van der Waals surface area contributed by atoms with E-state index >= 15 is 0 Å². The Balaban J connectivity index is 2.30. The van der Waals surface area contributed by atoms with Crippen molar-refractivity contribution in [1.29, 1.82) is 0 Å². The fraction of sp³-hybridized carbons (Fsp3) is 0.583. The summed E-state index contributed by atoms with van der Waals surface area (Å²) in [5.74, 6) is 1.39. The molecule has 15 heavy (non-hydrogen) atoms. The number of ether oxygens (including phenoxy) is 1. The van der Waals surface area contributed by atoms with Crippen molar-refractivity contribution in [1.82, 2.24) is 10.3 Å². The summed E-state index contributed by atoms with van der Waals surface area (Å²) in [7, 11) is 1.64. The van der Waals surface area contributed by atoms with Gasteiger partial charge in [0.1, 0.15) is 0 Å². The van der Waals surface area contributed by atoms with E-state index in [9.17, 15) is 0 Å². The van der Waals surface area contributed by atoms with Gasteiger partial charge in [0.15, 0.2) is 0 Å². The molecule has 0 aromatic carbocycles. The van der Waals surface area contributed by atoms with Crippen molar-refractivity contribution in [2.45, 2.75) is 20.3 Å². The van der Waals surface area contributed by atoms with Gasteiger partial charge in [0.05, 0.1) is 7.11 Å². The molecule has 1 rings (SSSR count). The molecule has 0 atom stereocenters. The molecule has 0 bridgehead atoms. The van der Waals surface area contributed by atoms with Crippen molar-refractivity contribution in [3.63, 3.8) is 0 Å². The maximum Gasteiger partial charge on any atom is 0.213 e. The van der Waals surface area contributed by atoms with Gasteiger partial charge < -0.3 is 10.1 Å². The number of hydrogen-bond donors (Lipinski definition) is 1. The third-order valence-corrected chi connectivity index (χ3v) is 2.10. The standard InChI is InChI=1S/C12H20N2O/c1-10(2)9-13-8-7-11-5-4-6-12(14-11)15-3/h4-6,10,13H,7-9H2,1-3H3. The van der Waals surface area contributed by atoms with Crippen LogP contribution in [-0.4, -0.2) is 25.2 Å². The normalized spacial score (nSPS) is 10.7. The van der Waals surface area contributed by atoms with Gasteiger partial charge in [-0.25, -0.2) is 4.98 Å². The third-order valence-electron chi connectivity index (χ3n) is 2.10. The molecule has 0 radical (unpaired) electrons. The first-order chi connectivity index (χ1) is 7.22. The molecule has 0 saturated carbocycles. The zero-order chi connectivity index (χ0) is 11.1. The van der Waals surface area contributed by atoms with Gasteiger partial charge in [0.2, 0.25) is 5.88 Å². The molecule has 1 heterocycles. The molecule has 0 amide bonds. The summed E-state index contributed by atoms with van der Waals surface area (Å²) in [6, 6.07) is 5.87. The fourth-order valence-corrected chi connectivity index (χ4v) is 1.32. The van der Waals surface area contributed by atoms with Crippen LogP contribution in [0.4, 0.5) is 0 Å². The maximum atomic E-state index is 5.07. The largest absolute Gasteiger partial charge is 0.481 e. The summed E-state index contributed by atoms with van der Waals surface area (Å²) in [6.45, 7) is 6.44. The smallest absolute Gasteiger partial charge is 0.213 e. The Kier molecular flexibility index (Phi) is 5.12. The van der Waals surface area contributed by atoms with E-state index in [1.807, 2.05) is 18.2 Å². The summed E-state index contributed by atoms with van der Waals surface area (Å²) in [5, 5.41) is 3.39. The van der Waals surface area contributed by atoms with Crippen molar-refractivity contribution in [3.8, 4) is 5.88 Å². The lowest BCUT2D eigenvalue weighted by atomic mass is 10.2. The second-order valence-electron chi connectivity index (χ2n) is 4.02. The highest BCUT2D eigenvalue weighted by atomic mass is 16.5. The lowest BCUT2D eigenvalue weighted by Gasteiger charge is -2.07. The number of nitrogens with one attached hydrogen (secondary N) is 1. The van der Waals surface area contributed by atoms with Crippen LogP contribution in [0, 0.1) is 5.92 Å². The lowest BCUT2D eigenvalue weighted by molar-refractivity contribution is 0.396. The van der Waals surface area contributed by atoms with Gasteiger partial charge in [0.25, 0.3) is 0 Å². The second kappa shape index (κ2) is 6.40. The first-order valence-corrected chi connectivity index (χ1v) is 5.43. The topological polar surface area (TPSA) is 34.1 Å². The van der Waals surface area contributed by atoms with Crippen LogP contribution in [0.15, 0.2) is 18.2 Å². The zero-order valence-corrected chi connectivity index (χ0v) is 9.79. The van der Waals surface area contributed by atoms with Crippen LogP contribution in [-0.2, 0) is 6.42 Å². The molecule has 0 fully saturated rings. The van der Waals surface area contributed by atoms with Gasteiger partial charge in [-0.2, -0.15) is 0 Å². The number of aromatic nitrogens is 1. The molecular weight excluding hydrogens is 188 g/mol. The van der Waals surface area contributed by atoms with E-state index in [0.717, 1.165) is 25.2 Å². The van der Waals surface area contributed by atoms with Gasteiger partial charge in [-0.3, -0.25) is 0 Å². The molecule has 1 aromatic heterocycles. The molecule has 0 spiro atoms. The van der Waals surface area contributed by atoms with E-state index < -0.39 is 0 Å². The molecule has 0 unspecified atom stereocenters. The van der Waals surface area contributed by atoms with E-state index in [1.165, 1.54) is 0 Å². The molecule has 84 valence electrons. The minimum absolute atomic E-state index is 0.691. The zero-order valence-electron chi connectivity index (χ0n) is 9.79. The molecule has 1 aromatic rings. The van der Waals surface area contributed by atoms with E-state index in [4.69, 9.17) is 4.74 Å². The molecule has 0 aliphatic rings. The second-order valence-corrected chi connectivity index (χ2v) is 4.02. The lowest BCUT2D eigenvalue weighted by Crippen LogP contribution is -2.22. The van der Waals surface area contributed by atoms with Crippen LogP contribution in [0.2, 0.25) is 0 Å². The summed E-state index contributed by atoms with van der Waals surface area (Å²) < 4.78 is 5.07. The highest BCUT2D eigenvalue weighted by Gasteiger charge is 1.98. The monoisotopic (exact) mass is 208 g/mol. The highest BCUT2D eigenvalue weighted by Crippen LogP contribution is 2.06. The molecule has 0 saturated heterocycles. The molecular formula is C12H20N2O. The molecule has 0 aliphatic carbocycles. The number of methoxy groups -OCH3 is 1. The average molecular weight is 208 g/mol. The van der Waals surface area contributed by atoms with Crippen molar-refractivity contribution >= 4 is 0 Å². The minimum atomic E-state index is 0.691. The van der Waals surface area contributed by atoms with Crippen LogP contribution in [0.5, 0.6) is 5.88 Å². The van der Waals surface area contributed by atoms with Crippen molar-refractivity contribution in [2.75, 3.05) is 20.2 Å². The quantitative estimate of drug-likeness (QED) is 0.725. The van der Waals surface area contributed by atoms with Crippen LogP contribution in [0.25, 0.3) is 0 Å². The maximum absolute atomic E-state index is 5.07. The van der Waals surface area contributed by atoms with Gasteiger partial charge in [-0.05, 0) is 18.5 Å². The Morgan fingerprint density at radius 2 is 2.20 bits per heavy atom. The average Bonchev–Trinajstić information content (AvgIpc) is 2.24. The molecule has 0 aliphatic heterocycles. The number of rotatable bonds is 6. The molecule has 3 nitrogen and oxygen atoms in total. The predicted octanol–water partition coefficient (Wildman–Crippen LogP) is 1.88. The Hall–Kier alpha value is -1.09. The van der Waals surface area contributed by atoms with Crippen molar-refractivity contribution in [3.05, 3.63) is 23.9 Å². The third kappa shape index (κ3) is 4.79. The van der Waals surface area contributed by atoms with Crippen LogP contribution < -0.4 is 10.1 Å². The van der Waals surface area contributed by atoms with E-state index in [1.54, 1.807) is 7.11 Å². The van der Waals surface area contributed by atoms with Gasteiger partial charge in [0, 0.05) is 24.7 Å². The summed E-state index contributed by atoms with van der Waals surface area (Å²) in [6.07, 6.45) is 0.948. The van der Waals surface area contributed by atoms with Crippen molar-refractivity contribution < 1.29 is 4.74 Å². The highest BCUT2D eigenvalue weighted by molar-refractivity contribution is 5.15. The minimum Gasteiger partial charge on any atom is -0.481 e. The Morgan fingerprint density at radius 3 is 2.87 bits per heavy atom. The Bertz CT molecular complexity index is 287. The van der Waals surface area contributed by atoms with E-state index in [0.29, 0.717) is 11.8 Å². The van der Waals surface area contributed by atoms with Gasteiger partial charge in [-0.1, -0.05) is 19.9 Å². The fourth-order valence-electron chi connectivity index (χ4n) is 1.32. The van der Waals surface area contributed by atoms with Crippen LogP contribution in [0.1, 0.15) is 19.5 Å². The van der Waals surface area contributed by atoms with Gasteiger partial charge in [-0.15, -0.1) is 0 Å². The van der Waals surface area contributed by atoms with Crippen LogP contribution in [0.3, 0.4) is 0 Å². The van der Waals surface area contributed by atoms with E-state index in [-0.39, 0.29) is 0 Å².